The lowest BCUT2D eigenvalue weighted by molar-refractivity contribution is -0.142. The van der Waals surface area contributed by atoms with Gasteiger partial charge in [0.05, 0.1) is 12.5 Å². The number of rotatable bonds is 8. The molecule has 0 fully saturated rings. The van der Waals surface area contributed by atoms with Crippen LogP contribution in [0.15, 0.2) is 0 Å². The fraction of sp³-hybridized carbons (Fsp3) is 0.700. The largest absolute Gasteiger partial charge is 0.481 e. The van der Waals surface area contributed by atoms with Gasteiger partial charge in [-0.05, 0) is 0 Å². The average Bonchev–Trinajstić information content (AvgIpc) is 2.15. The zero-order valence-electron chi connectivity index (χ0n) is 10.1. The number of carbonyl (C=O) groups excluding carboxylic acids is 2. The van der Waals surface area contributed by atoms with Crippen molar-refractivity contribution >= 4 is 17.8 Å². The maximum atomic E-state index is 10.8. The summed E-state index contributed by atoms with van der Waals surface area (Å²) < 4.78 is 0. The van der Waals surface area contributed by atoms with Crippen molar-refractivity contribution in [2.24, 2.45) is 11.7 Å². The smallest absolute Gasteiger partial charge is 0.307 e. The first kappa shape index (κ1) is 15.4. The molecule has 0 rings (SSSR count). The normalized spacial score (nSPS) is 12.2. The molecule has 7 heteroatoms. The Morgan fingerprint density at radius 2 is 2.00 bits per heavy atom. The summed E-state index contributed by atoms with van der Waals surface area (Å²) in [5, 5.41) is 11.3. The Morgan fingerprint density at radius 3 is 2.41 bits per heavy atom. The van der Waals surface area contributed by atoms with Gasteiger partial charge in [0.1, 0.15) is 0 Å². The molecule has 0 aromatic carbocycles. The minimum Gasteiger partial charge on any atom is -0.481 e. The Morgan fingerprint density at radius 1 is 1.41 bits per heavy atom. The highest BCUT2D eigenvalue weighted by molar-refractivity contribution is 5.76. The van der Waals surface area contributed by atoms with Crippen LogP contribution in [0.4, 0.5) is 0 Å². The van der Waals surface area contributed by atoms with Crippen LogP contribution in [0.2, 0.25) is 0 Å². The van der Waals surface area contributed by atoms with Crippen LogP contribution < -0.4 is 11.1 Å². The molecule has 0 aromatic heterocycles. The van der Waals surface area contributed by atoms with E-state index in [-0.39, 0.29) is 19.0 Å². The lowest BCUT2D eigenvalue weighted by Crippen LogP contribution is -2.42. The van der Waals surface area contributed by atoms with Crippen LogP contribution in [-0.4, -0.2) is 54.0 Å². The van der Waals surface area contributed by atoms with E-state index in [4.69, 9.17) is 10.8 Å². The van der Waals surface area contributed by atoms with Crippen molar-refractivity contribution in [3.05, 3.63) is 0 Å². The number of nitrogens with two attached hydrogens (primary N) is 1. The summed E-state index contributed by atoms with van der Waals surface area (Å²) >= 11 is 0. The summed E-state index contributed by atoms with van der Waals surface area (Å²) in [6.45, 7) is 3.89. The first-order valence-corrected chi connectivity index (χ1v) is 5.30. The maximum Gasteiger partial charge on any atom is 0.307 e. The highest BCUT2D eigenvalue weighted by Gasteiger charge is 2.17. The molecule has 4 N–H and O–H groups in total. The Bertz CT molecular complexity index is 293. The standard InChI is InChI=1S/C10H19N3O4/c1-7(10(16)17)5-13(6-9(11)15)4-3-12-8(2)14/h7H,3-6H2,1-2H3,(H2,11,15)(H,12,14)(H,16,17). The van der Waals surface area contributed by atoms with Crippen molar-refractivity contribution in [2.75, 3.05) is 26.2 Å². The molecule has 7 nitrogen and oxygen atoms in total. The number of amides is 2. The molecular formula is C10H19N3O4. The molecule has 0 saturated heterocycles. The molecule has 0 aliphatic rings. The van der Waals surface area contributed by atoms with Gasteiger partial charge in [-0.15, -0.1) is 0 Å². The van der Waals surface area contributed by atoms with E-state index in [1.54, 1.807) is 11.8 Å². The number of primary amides is 1. The van der Waals surface area contributed by atoms with E-state index in [0.717, 1.165) is 0 Å². The molecule has 17 heavy (non-hydrogen) atoms. The highest BCUT2D eigenvalue weighted by Crippen LogP contribution is 1.99. The second kappa shape index (κ2) is 7.61. The van der Waals surface area contributed by atoms with Gasteiger partial charge in [0, 0.05) is 26.6 Å². The Balaban J connectivity index is 4.18. The minimum absolute atomic E-state index is 0.0167. The van der Waals surface area contributed by atoms with Gasteiger partial charge in [-0.1, -0.05) is 6.92 Å². The van der Waals surface area contributed by atoms with Crippen molar-refractivity contribution in [1.82, 2.24) is 10.2 Å². The van der Waals surface area contributed by atoms with Crippen molar-refractivity contribution in [3.63, 3.8) is 0 Å². The average molecular weight is 245 g/mol. The van der Waals surface area contributed by atoms with E-state index < -0.39 is 17.8 Å². The molecule has 0 bridgehead atoms. The van der Waals surface area contributed by atoms with Crippen LogP contribution in [0.1, 0.15) is 13.8 Å². The molecule has 0 aliphatic heterocycles. The van der Waals surface area contributed by atoms with Crippen molar-refractivity contribution < 1.29 is 19.5 Å². The number of nitrogens with one attached hydrogen (secondary N) is 1. The molecule has 0 saturated carbocycles. The maximum absolute atomic E-state index is 10.8. The molecule has 98 valence electrons. The predicted molar refractivity (Wildman–Crippen MR) is 61.1 cm³/mol. The molecule has 0 heterocycles. The fourth-order valence-electron chi connectivity index (χ4n) is 1.31. The number of nitrogens with zero attached hydrogens (tertiary/aromatic N) is 1. The van der Waals surface area contributed by atoms with E-state index in [0.29, 0.717) is 13.1 Å². The summed E-state index contributed by atoms with van der Waals surface area (Å²) in [6.07, 6.45) is 0. The van der Waals surface area contributed by atoms with Crippen LogP contribution in [0.3, 0.4) is 0 Å². The van der Waals surface area contributed by atoms with E-state index >= 15 is 0 Å². The van der Waals surface area contributed by atoms with Crippen LogP contribution in [0.25, 0.3) is 0 Å². The van der Waals surface area contributed by atoms with Crippen molar-refractivity contribution in [1.29, 1.82) is 0 Å². The first-order valence-electron chi connectivity index (χ1n) is 5.30. The Kier molecular flexibility index (Phi) is 6.88. The molecule has 0 aliphatic carbocycles. The Labute approximate surface area is 100.0 Å². The second-order valence-corrected chi connectivity index (χ2v) is 3.92. The number of carboxylic acid groups (broad SMARTS) is 1. The van der Waals surface area contributed by atoms with Crippen LogP contribution in [-0.2, 0) is 14.4 Å². The van der Waals surface area contributed by atoms with Crippen molar-refractivity contribution in [2.45, 2.75) is 13.8 Å². The first-order chi connectivity index (χ1) is 7.82. The van der Waals surface area contributed by atoms with Gasteiger partial charge in [0.15, 0.2) is 0 Å². The third-order valence-corrected chi connectivity index (χ3v) is 2.14. The number of carbonyl (C=O) groups is 3. The summed E-state index contributed by atoms with van der Waals surface area (Å²) in [5.74, 6) is -2.22. The van der Waals surface area contributed by atoms with Gasteiger partial charge >= 0.3 is 5.97 Å². The second-order valence-electron chi connectivity index (χ2n) is 3.92. The summed E-state index contributed by atoms with van der Waals surface area (Å²) in [7, 11) is 0. The topological polar surface area (TPSA) is 113 Å². The molecule has 1 atom stereocenters. The lowest BCUT2D eigenvalue weighted by Gasteiger charge is -2.22. The molecule has 1 unspecified atom stereocenters. The predicted octanol–water partition coefficient (Wildman–Crippen LogP) is -1.37. The summed E-state index contributed by atoms with van der Waals surface area (Å²) in [6, 6.07) is 0. The molecule has 0 spiro atoms. The van der Waals surface area contributed by atoms with Gasteiger partial charge in [-0.25, -0.2) is 0 Å². The number of aliphatic carboxylic acids is 1. The van der Waals surface area contributed by atoms with Gasteiger partial charge < -0.3 is 16.2 Å². The Hall–Kier alpha value is -1.63. The number of hydrogen-bond donors (Lipinski definition) is 3. The third kappa shape index (κ3) is 8.21. The zero-order valence-corrected chi connectivity index (χ0v) is 10.1. The fourth-order valence-corrected chi connectivity index (χ4v) is 1.31. The minimum atomic E-state index is -0.931. The van der Waals surface area contributed by atoms with Gasteiger partial charge in [0.2, 0.25) is 11.8 Å². The summed E-state index contributed by atoms with van der Waals surface area (Å²) in [5.41, 5.74) is 5.06. The molecular weight excluding hydrogens is 226 g/mol. The number of carboxylic acids is 1. The highest BCUT2D eigenvalue weighted by atomic mass is 16.4. The quantitative estimate of drug-likeness (QED) is 0.488. The third-order valence-electron chi connectivity index (χ3n) is 2.14. The molecule has 0 radical (unpaired) electrons. The SMILES string of the molecule is CC(=O)NCCN(CC(N)=O)CC(C)C(=O)O. The van der Waals surface area contributed by atoms with E-state index in [9.17, 15) is 14.4 Å². The van der Waals surface area contributed by atoms with E-state index in [2.05, 4.69) is 5.32 Å². The van der Waals surface area contributed by atoms with E-state index in [1.807, 2.05) is 0 Å². The van der Waals surface area contributed by atoms with Gasteiger partial charge in [0.25, 0.3) is 0 Å². The van der Waals surface area contributed by atoms with E-state index in [1.165, 1.54) is 6.92 Å². The monoisotopic (exact) mass is 245 g/mol. The number of hydrogen-bond acceptors (Lipinski definition) is 4. The molecule has 2 amide bonds. The van der Waals surface area contributed by atoms with Crippen LogP contribution in [0.5, 0.6) is 0 Å². The zero-order chi connectivity index (χ0) is 13.4. The van der Waals surface area contributed by atoms with Crippen LogP contribution >= 0.6 is 0 Å². The van der Waals surface area contributed by atoms with Crippen LogP contribution in [0, 0.1) is 5.92 Å². The van der Waals surface area contributed by atoms with Gasteiger partial charge in [-0.2, -0.15) is 0 Å². The molecule has 0 aromatic rings. The van der Waals surface area contributed by atoms with Crippen molar-refractivity contribution in [3.8, 4) is 0 Å². The summed E-state index contributed by atoms with van der Waals surface area (Å²) in [4.78, 5) is 33.8. The lowest BCUT2D eigenvalue weighted by atomic mass is 10.1. The van der Waals surface area contributed by atoms with Gasteiger partial charge in [-0.3, -0.25) is 19.3 Å².